The van der Waals surface area contributed by atoms with Gasteiger partial charge in [0.1, 0.15) is 29.1 Å². The topological polar surface area (TPSA) is 80.0 Å². The van der Waals surface area contributed by atoms with E-state index < -0.39 is 17.7 Å². The van der Waals surface area contributed by atoms with Crippen molar-refractivity contribution in [1.29, 1.82) is 0 Å². The van der Waals surface area contributed by atoms with E-state index in [2.05, 4.69) is 0 Å². The first-order chi connectivity index (χ1) is 15.4. The number of benzene rings is 2. The van der Waals surface area contributed by atoms with Gasteiger partial charge >= 0.3 is 0 Å². The Kier molecular flexibility index (Phi) is 5.86. The van der Waals surface area contributed by atoms with Crippen molar-refractivity contribution < 1.29 is 23.8 Å². The molecule has 1 aromatic heterocycles. The van der Waals surface area contributed by atoms with Gasteiger partial charge in [0.2, 0.25) is 0 Å². The van der Waals surface area contributed by atoms with Crippen molar-refractivity contribution >= 4 is 23.1 Å². The Morgan fingerprint density at radius 2 is 1.81 bits per heavy atom. The fraction of sp³-hybridized carbons (Fsp3) is 0.231. The van der Waals surface area contributed by atoms with Crippen LogP contribution in [0.25, 0.3) is 5.76 Å². The second-order valence-corrected chi connectivity index (χ2v) is 7.60. The van der Waals surface area contributed by atoms with E-state index in [1.54, 1.807) is 43.3 Å². The minimum absolute atomic E-state index is 0.0161. The van der Waals surface area contributed by atoms with Crippen LogP contribution in [0.15, 0.2) is 70.7 Å². The molecule has 1 amide bonds. The lowest BCUT2D eigenvalue weighted by Gasteiger charge is -2.23. The number of nitrogens with zero attached hydrogens (tertiary/aromatic N) is 1. The van der Waals surface area contributed by atoms with E-state index in [1.807, 2.05) is 38.1 Å². The molecule has 4 rings (SSSR count). The molecule has 1 N–H and O–H groups in total. The van der Waals surface area contributed by atoms with Gasteiger partial charge in [-0.2, -0.15) is 0 Å². The van der Waals surface area contributed by atoms with E-state index in [-0.39, 0.29) is 11.3 Å². The van der Waals surface area contributed by atoms with Crippen molar-refractivity contribution in [2.45, 2.75) is 33.2 Å². The molecule has 2 heterocycles. The molecule has 6 heteroatoms. The molecule has 1 saturated heterocycles. The fourth-order valence-electron chi connectivity index (χ4n) is 3.92. The predicted molar refractivity (Wildman–Crippen MR) is 122 cm³/mol. The van der Waals surface area contributed by atoms with Crippen LogP contribution in [0.2, 0.25) is 0 Å². The number of rotatable bonds is 6. The van der Waals surface area contributed by atoms with Crippen LogP contribution in [-0.2, 0) is 16.0 Å². The standard InChI is InChI=1S/C26H25NO5/c1-4-17-10-12-19(13-11-17)27-23(21-14-9-16(3)32-21)22(25(29)26(27)30)24(28)18-7-6-8-20(15-18)31-5-2/h6-15,23,28H,4-5H2,1-3H3/b24-22-. The van der Waals surface area contributed by atoms with Crippen LogP contribution in [0.3, 0.4) is 0 Å². The quantitative estimate of drug-likeness (QED) is 0.331. The van der Waals surface area contributed by atoms with Gasteiger partial charge < -0.3 is 14.3 Å². The zero-order chi connectivity index (χ0) is 22.8. The molecule has 1 aliphatic heterocycles. The van der Waals surface area contributed by atoms with Gasteiger partial charge in [-0.3, -0.25) is 14.5 Å². The van der Waals surface area contributed by atoms with Crippen LogP contribution >= 0.6 is 0 Å². The molecule has 0 radical (unpaired) electrons. The van der Waals surface area contributed by atoms with E-state index in [9.17, 15) is 14.7 Å². The van der Waals surface area contributed by atoms with Gasteiger partial charge in [0.05, 0.1) is 12.2 Å². The third-order valence-electron chi connectivity index (χ3n) is 5.52. The third kappa shape index (κ3) is 3.80. The summed E-state index contributed by atoms with van der Waals surface area (Å²) in [5.41, 5.74) is 2.05. The molecule has 1 aliphatic rings. The summed E-state index contributed by atoms with van der Waals surface area (Å²) in [6, 6.07) is 16.9. The predicted octanol–water partition coefficient (Wildman–Crippen LogP) is 5.18. The molecule has 0 saturated carbocycles. The van der Waals surface area contributed by atoms with Crippen molar-refractivity contribution in [3.05, 3.63) is 88.9 Å². The number of Topliss-reactive ketones (excluding diaryl/α,β-unsaturated/α-hetero) is 1. The largest absolute Gasteiger partial charge is 0.507 e. The molecule has 32 heavy (non-hydrogen) atoms. The van der Waals surface area contributed by atoms with Crippen molar-refractivity contribution in [3.63, 3.8) is 0 Å². The summed E-state index contributed by atoms with van der Waals surface area (Å²) in [5, 5.41) is 11.2. The van der Waals surface area contributed by atoms with Crippen LogP contribution in [0, 0.1) is 6.92 Å². The van der Waals surface area contributed by atoms with Crippen LogP contribution in [0.1, 0.15) is 42.5 Å². The first-order valence-corrected chi connectivity index (χ1v) is 10.6. The van der Waals surface area contributed by atoms with E-state index in [0.29, 0.717) is 35.1 Å². The van der Waals surface area contributed by atoms with Crippen LogP contribution in [0.5, 0.6) is 5.75 Å². The molecule has 6 nitrogen and oxygen atoms in total. The number of anilines is 1. The molecule has 1 atom stereocenters. The number of furan rings is 1. The molecular formula is C26H25NO5. The molecular weight excluding hydrogens is 406 g/mol. The highest BCUT2D eigenvalue weighted by molar-refractivity contribution is 6.51. The maximum absolute atomic E-state index is 13.1. The van der Waals surface area contributed by atoms with Gasteiger partial charge in [-0.15, -0.1) is 0 Å². The average Bonchev–Trinajstić information content (AvgIpc) is 3.34. The maximum atomic E-state index is 13.1. The van der Waals surface area contributed by atoms with Crippen molar-refractivity contribution in [2.75, 3.05) is 11.5 Å². The lowest BCUT2D eigenvalue weighted by Crippen LogP contribution is -2.29. The Labute approximate surface area is 186 Å². The molecule has 1 fully saturated rings. The van der Waals surface area contributed by atoms with Gasteiger partial charge in [0, 0.05) is 11.3 Å². The van der Waals surface area contributed by atoms with Crippen LogP contribution < -0.4 is 9.64 Å². The smallest absolute Gasteiger partial charge is 0.300 e. The minimum atomic E-state index is -0.882. The lowest BCUT2D eigenvalue weighted by atomic mass is 9.99. The van der Waals surface area contributed by atoms with Crippen molar-refractivity contribution in [3.8, 4) is 5.75 Å². The molecule has 164 valence electrons. The summed E-state index contributed by atoms with van der Waals surface area (Å²) in [4.78, 5) is 27.7. The first kappa shape index (κ1) is 21.4. The SMILES string of the molecule is CCOc1cccc(/C(O)=C2/C(=O)C(=O)N(c3ccc(CC)cc3)C2c2ccc(C)o2)c1. The Morgan fingerprint density at radius 3 is 2.44 bits per heavy atom. The highest BCUT2D eigenvalue weighted by atomic mass is 16.5. The van der Waals surface area contributed by atoms with Gasteiger partial charge in [0.15, 0.2) is 0 Å². The molecule has 3 aromatic rings. The number of carbonyl (C=O) groups is 2. The molecule has 1 unspecified atom stereocenters. The van der Waals surface area contributed by atoms with E-state index in [1.165, 1.54) is 4.90 Å². The zero-order valence-corrected chi connectivity index (χ0v) is 18.3. The van der Waals surface area contributed by atoms with Gasteiger partial charge in [-0.25, -0.2) is 0 Å². The Hall–Kier alpha value is -3.80. The minimum Gasteiger partial charge on any atom is -0.507 e. The zero-order valence-electron chi connectivity index (χ0n) is 18.3. The summed E-state index contributed by atoms with van der Waals surface area (Å²) in [7, 11) is 0. The van der Waals surface area contributed by atoms with Gasteiger partial charge in [-0.1, -0.05) is 31.2 Å². The van der Waals surface area contributed by atoms with Crippen LogP contribution in [-0.4, -0.2) is 23.4 Å². The molecule has 0 bridgehead atoms. The number of ether oxygens (including phenoxy) is 1. The summed E-state index contributed by atoms with van der Waals surface area (Å²) in [6.45, 7) is 6.16. The summed E-state index contributed by atoms with van der Waals surface area (Å²) >= 11 is 0. The molecule has 2 aromatic carbocycles. The van der Waals surface area contributed by atoms with E-state index >= 15 is 0 Å². The number of aliphatic hydroxyl groups is 1. The lowest BCUT2D eigenvalue weighted by molar-refractivity contribution is -0.132. The van der Waals surface area contributed by atoms with E-state index in [4.69, 9.17) is 9.15 Å². The number of aryl methyl sites for hydroxylation is 2. The number of amides is 1. The normalized spacial score (nSPS) is 17.7. The molecule has 0 spiro atoms. The maximum Gasteiger partial charge on any atom is 0.300 e. The summed E-state index contributed by atoms with van der Waals surface area (Å²) in [6.07, 6.45) is 0.857. The van der Waals surface area contributed by atoms with Crippen LogP contribution in [0.4, 0.5) is 5.69 Å². The fourth-order valence-corrected chi connectivity index (χ4v) is 3.92. The summed E-state index contributed by atoms with van der Waals surface area (Å²) in [5.74, 6) is -0.129. The number of aliphatic hydroxyl groups excluding tert-OH is 1. The van der Waals surface area contributed by atoms with Gasteiger partial charge in [-0.05, 0) is 62.2 Å². The number of ketones is 1. The average molecular weight is 431 g/mol. The third-order valence-corrected chi connectivity index (χ3v) is 5.52. The Bertz CT molecular complexity index is 1190. The first-order valence-electron chi connectivity index (χ1n) is 10.6. The highest BCUT2D eigenvalue weighted by Gasteiger charge is 2.48. The monoisotopic (exact) mass is 431 g/mol. The van der Waals surface area contributed by atoms with Gasteiger partial charge in [0.25, 0.3) is 11.7 Å². The second kappa shape index (κ2) is 8.75. The molecule has 0 aliphatic carbocycles. The Morgan fingerprint density at radius 1 is 1.06 bits per heavy atom. The number of hydrogen-bond donors (Lipinski definition) is 1. The Balaban J connectivity index is 1.88. The second-order valence-electron chi connectivity index (χ2n) is 7.60. The number of carbonyl (C=O) groups excluding carboxylic acids is 2. The van der Waals surface area contributed by atoms with Crippen molar-refractivity contribution in [1.82, 2.24) is 0 Å². The van der Waals surface area contributed by atoms with E-state index in [0.717, 1.165) is 12.0 Å². The summed E-state index contributed by atoms with van der Waals surface area (Å²) < 4.78 is 11.3. The van der Waals surface area contributed by atoms with Crippen molar-refractivity contribution in [2.24, 2.45) is 0 Å². The number of hydrogen-bond acceptors (Lipinski definition) is 5. The highest BCUT2D eigenvalue weighted by Crippen LogP contribution is 2.42.